The Kier molecular flexibility index (Phi) is 5.77. The first-order valence-electron chi connectivity index (χ1n) is 5.90. The molecule has 0 aliphatic heterocycles. The van der Waals surface area contributed by atoms with Crippen molar-refractivity contribution in [2.75, 3.05) is 7.11 Å². The maximum atomic E-state index is 12.0. The van der Waals surface area contributed by atoms with Crippen LogP contribution in [0.1, 0.15) is 16.5 Å². The number of nitrogens with one attached hydrogen (secondary N) is 1. The molecule has 0 spiro atoms. The fourth-order valence-corrected chi connectivity index (χ4v) is 3.06. The van der Waals surface area contributed by atoms with E-state index >= 15 is 0 Å². The van der Waals surface area contributed by atoms with Crippen LogP contribution in [-0.4, -0.2) is 13.1 Å². The first-order valence-corrected chi connectivity index (χ1v) is 8.37. The van der Waals surface area contributed by atoms with Gasteiger partial charge in [-0.2, -0.15) is 0 Å². The highest BCUT2D eigenvalue weighted by atomic mass is 79.9. The molecule has 2 aromatic rings. The van der Waals surface area contributed by atoms with Crippen molar-refractivity contribution in [2.45, 2.75) is 12.6 Å². The van der Waals surface area contributed by atoms with Crippen molar-refractivity contribution in [2.24, 2.45) is 0 Å². The van der Waals surface area contributed by atoms with Crippen molar-refractivity contribution in [1.82, 2.24) is 5.32 Å². The Morgan fingerprint density at radius 1 is 1.35 bits per heavy atom. The predicted molar refractivity (Wildman–Crippen MR) is 87.8 cm³/mol. The summed E-state index contributed by atoms with van der Waals surface area (Å²) >= 11 is 8.53. The molecule has 0 aliphatic rings. The molecule has 1 aromatic carbocycles. The fraction of sp³-hybridized carbons (Fsp3) is 0.214. The highest BCUT2D eigenvalue weighted by Crippen LogP contribution is 2.27. The zero-order valence-corrected chi connectivity index (χ0v) is 14.7. The van der Waals surface area contributed by atoms with E-state index in [1.54, 1.807) is 11.3 Å². The van der Waals surface area contributed by atoms with Crippen LogP contribution in [0.15, 0.2) is 44.7 Å². The second-order valence-corrected chi connectivity index (χ2v) is 6.83. The van der Waals surface area contributed by atoms with E-state index in [-0.39, 0.29) is 5.97 Å². The van der Waals surface area contributed by atoms with E-state index in [4.69, 9.17) is 4.74 Å². The molecule has 0 amide bonds. The summed E-state index contributed by atoms with van der Waals surface area (Å²) in [6.07, 6.45) is 0. The molecular formula is C14H13Br2NO2S. The zero-order valence-electron chi connectivity index (χ0n) is 10.7. The maximum Gasteiger partial charge on any atom is 0.327 e. The van der Waals surface area contributed by atoms with E-state index in [0.717, 1.165) is 14.5 Å². The minimum Gasteiger partial charge on any atom is -0.468 e. The van der Waals surface area contributed by atoms with Gasteiger partial charge in [-0.25, -0.2) is 4.79 Å². The van der Waals surface area contributed by atoms with Gasteiger partial charge in [-0.3, -0.25) is 5.32 Å². The first kappa shape index (κ1) is 15.7. The number of hydrogen-bond donors (Lipinski definition) is 1. The molecular weight excluding hydrogens is 406 g/mol. The third-order valence-corrected chi connectivity index (χ3v) is 5.53. The topological polar surface area (TPSA) is 38.3 Å². The maximum absolute atomic E-state index is 12.0. The number of carbonyl (C=O) groups is 1. The van der Waals surface area contributed by atoms with Crippen LogP contribution < -0.4 is 5.32 Å². The summed E-state index contributed by atoms with van der Waals surface area (Å²) in [5.41, 5.74) is 0.864. The van der Waals surface area contributed by atoms with E-state index in [9.17, 15) is 4.79 Å². The Labute approximate surface area is 138 Å². The van der Waals surface area contributed by atoms with Gasteiger partial charge in [0.15, 0.2) is 0 Å². The van der Waals surface area contributed by atoms with Crippen LogP contribution in [0.5, 0.6) is 0 Å². The highest BCUT2D eigenvalue weighted by molar-refractivity contribution is 9.13. The molecule has 1 heterocycles. The van der Waals surface area contributed by atoms with E-state index in [1.165, 1.54) is 12.0 Å². The van der Waals surface area contributed by atoms with Gasteiger partial charge in [0.05, 0.1) is 7.11 Å². The molecule has 0 saturated carbocycles. The van der Waals surface area contributed by atoms with Crippen molar-refractivity contribution >= 4 is 49.2 Å². The van der Waals surface area contributed by atoms with Crippen LogP contribution in [0.3, 0.4) is 0 Å². The summed E-state index contributed by atoms with van der Waals surface area (Å²) in [6.45, 7) is 0.630. The lowest BCUT2D eigenvalue weighted by Crippen LogP contribution is -2.29. The van der Waals surface area contributed by atoms with Crippen molar-refractivity contribution in [3.8, 4) is 0 Å². The molecule has 0 radical (unpaired) electrons. The summed E-state index contributed by atoms with van der Waals surface area (Å²) in [6, 6.07) is 9.26. The van der Waals surface area contributed by atoms with Gasteiger partial charge in [0.2, 0.25) is 0 Å². The lowest BCUT2D eigenvalue weighted by molar-refractivity contribution is -0.143. The Balaban J connectivity index is 2.18. The second kappa shape index (κ2) is 7.36. The first-order chi connectivity index (χ1) is 9.61. The monoisotopic (exact) mass is 417 g/mol. The van der Waals surface area contributed by atoms with Crippen molar-refractivity contribution in [3.63, 3.8) is 0 Å². The Bertz CT molecular complexity index is 587. The number of methoxy groups -OCH3 is 1. The van der Waals surface area contributed by atoms with E-state index in [1.807, 2.05) is 35.7 Å². The van der Waals surface area contributed by atoms with Gasteiger partial charge < -0.3 is 4.74 Å². The normalized spacial score (nSPS) is 12.2. The zero-order chi connectivity index (χ0) is 14.5. The van der Waals surface area contributed by atoms with Gasteiger partial charge in [0, 0.05) is 20.4 Å². The Morgan fingerprint density at radius 3 is 2.75 bits per heavy atom. The van der Waals surface area contributed by atoms with Crippen LogP contribution in [-0.2, 0) is 16.1 Å². The Hall–Kier alpha value is -0.690. The van der Waals surface area contributed by atoms with E-state index in [2.05, 4.69) is 37.2 Å². The predicted octanol–water partition coefficient (Wildman–Crippen LogP) is 4.28. The largest absolute Gasteiger partial charge is 0.468 e. The Morgan fingerprint density at radius 2 is 2.15 bits per heavy atom. The average Bonchev–Trinajstić information content (AvgIpc) is 2.95. The van der Waals surface area contributed by atoms with Crippen LogP contribution in [0.25, 0.3) is 0 Å². The highest BCUT2D eigenvalue weighted by Gasteiger charge is 2.21. The summed E-state index contributed by atoms with van der Waals surface area (Å²) in [7, 11) is 1.40. The van der Waals surface area contributed by atoms with Crippen molar-refractivity contribution in [3.05, 3.63) is 55.1 Å². The number of carbonyl (C=O) groups excluding carboxylic acids is 1. The van der Waals surface area contributed by atoms with E-state index < -0.39 is 6.04 Å². The number of rotatable bonds is 5. The molecule has 106 valence electrons. The number of ether oxygens (including phenoxy) is 1. The molecule has 3 nitrogen and oxygen atoms in total. The van der Waals surface area contributed by atoms with Crippen LogP contribution in [0.4, 0.5) is 0 Å². The smallest absolute Gasteiger partial charge is 0.327 e. The minimum absolute atomic E-state index is 0.296. The van der Waals surface area contributed by atoms with Gasteiger partial charge in [0.25, 0.3) is 0 Å². The van der Waals surface area contributed by atoms with Gasteiger partial charge >= 0.3 is 5.97 Å². The van der Waals surface area contributed by atoms with Crippen molar-refractivity contribution < 1.29 is 9.53 Å². The lowest BCUT2D eigenvalue weighted by Gasteiger charge is -2.17. The summed E-state index contributed by atoms with van der Waals surface area (Å²) in [5.74, 6) is -0.296. The van der Waals surface area contributed by atoms with E-state index in [0.29, 0.717) is 6.54 Å². The third-order valence-electron chi connectivity index (χ3n) is 2.77. The lowest BCUT2D eigenvalue weighted by atomic mass is 10.1. The van der Waals surface area contributed by atoms with Gasteiger partial charge in [-0.1, -0.05) is 12.1 Å². The molecule has 1 atom stereocenters. The van der Waals surface area contributed by atoms with Gasteiger partial charge in [-0.15, -0.1) is 11.3 Å². The molecule has 6 heteroatoms. The SMILES string of the molecule is COC(=O)C(NCc1cccs1)c1ccc(Br)c(Br)c1. The molecule has 1 aromatic heterocycles. The summed E-state index contributed by atoms with van der Waals surface area (Å²) < 4.78 is 6.73. The molecule has 0 aliphatic carbocycles. The van der Waals surface area contributed by atoms with Crippen LogP contribution >= 0.6 is 43.2 Å². The number of esters is 1. The van der Waals surface area contributed by atoms with Gasteiger partial charge in [-0.05, 0) is 61.0 Å². The number of thiophene rings is 1. The summed E-state index contributed by atoms with van der Waals surface area (Å²) in [4.78, 5) is 13.1. The summed E-state index contributed by atoms with van der Waals surface area (Å²) in [5, 5.41) is 5.25. The molecule has 20 heavy (non-hydrogen) atoms. The molecule has 0 fully saturated rings. The molecule has 0 saturated heterocycles. The average molecular weight is 419 g/mol. The minimum atomic E-state index is -0.480. The van der Waals surface area contributed by atoms with Gasteiger partial charge in [0.1, 0.15) is 6.04 Å². The molecule has 0 bridgehead atoms. The molecule has 2 rings (SSSR count). The molecule has 1 N–H and O–H groups in total. The fourth-order valence-electron chi connectivity index (χ4n) is 1.76. The second-order valence-electron chi connectivity index (χ2n) is 4.09. The van der Waals surface area contributed by atoms with Crippen LogP contribution in [0, 0.1) is 0 Å². The van der Waals surface area contributed by atoms with Crippen molar-refractivity contribution in [1.29, 1.82) is 0 Å². The number of benzene rings is 1. The molecule has 1 unspecified atom stereocenters. The van der Waals surface area contributed by atoms with Crippen LogP contribution in [0.2, 0.25) is 0 Å². The number of halogens is 2. The number of hydrogen-bond acceptors (Lipinski definition) is 4. The third kappa shape index (κ3) is 3.91. The standard InChI is InChI=1S/C14H13Br2NO2S/c1-19-14(18)13(17-8-10-3-2-6-20-10)9-4-5-11(15)12(16)7-9/h2-7,13,17H,8H2,1H3. The quantitative estimate of drug-likeness (QED) is 0.736.